The molecule has 2 atom stereocenters. The number of halogens is 1. The number of carbonyl (C=O) groups is 2. The van der Waals surface area contributed by atoms with E-state index < -0.39 is 0 Å². The average Bonchev–Trinajstić information content (AvgIpc) is 2.51. The topological polar surface area (TPSA) is 34.1 Å². The molecule has 0 spiro atoms. The van der Waals surface area contributed by atoms with Gasteiger partial charge < -0.3 is 0 Å². The summed E-state index contributed by atoms with van der Waals surface area (Å²) in [6, 6.07) is 7.81. The highest BCUT2D eigenvalue weighted by Crippen LogP contribution is 2.35. The minimum absolute atomic E-state index is 0.0715. The second kappa shape index (κ2) is 5.57. The van der Waals surface area contributed by atoms with E-state index in [-0.39, 0.29) is 23.4 Å². The molecule has 2 aliphatic carbocycles. The Morgan fingerprint density at radius 1 is 1.00 bits per heavy atom. The second-order valence-corrected chi connectivity index (χ2v) is 6.28. The number of benzene rings is 1. The Morgan fingerprint density at radius 3 is 2.29 bits per heavy atom. The lowest BCUT2D eigenvalue weighted by Gasteiger charge is -2.29. The van der Waals surface area contributed by atoms with Crippen LogP contribution in [0.1, 0.15) is 12.5 Å². The van der Waals surface area contributed by atoms with Crippen LogP contribution >= 0.6 is 15.9 Å². The van der Waals surface area contributed by atoms with E-state index in [0.29, 0.717) is 17.6 Å². The maximum Gasteiger partial charge on any atom is 0.167 e. The molecule has 0 aliphatic heterocycles. The fourth-order valence-electron chi connectivity index (χ4n) is 2.94. The predicted octanol–water partition coefficient (Wildman–Crippen LogP) is 3.82. The number of ketones is 2. The van der Waals surface area contributed by atoms with Crippen LogP contribution in [0, 0.1) is 11.8 Å². The van der Waals surface area contributed by atoms with Crippen LogP contribution in [-0.4, -0.2) is 11.6 Å². The summed E-state index contributed by atoms with van der Waals surface area (Å²) in [6.45, 7) is 1.77. The summed E-state index contributed by atoms with van der Waals surface area (Å²) in [6.07, 6.45) is 7.88. The number of hydrogen-bond donors (Lipinski definition) is 0. The van der Waals surface area contributed by atoms with Crippen molar-refractivity contribution in [2.75, 3.05) is 0 Å². The van der Waals surface area contributed by atoms with Gasteiger partial charge >= 0.3 is 0 Å². The first kappa shape index (κ1) is 14.2. The van der Waals surface area contributed by atoms with Crippen molar-refractivity contribution in [3.8, 4) is 0 Å². The van der Waals surface area contributed by atoms with Crippen molar-refractivity contribution in [2.24, 2.45) is 11.8 Å². The van der Waals surface area contributed by atoms with E-state index in [2.05, 4.69) is 15.9 Å². The monoisotopic (exact) mass is 342 g/mol. The molecule has 3 heteroatoms. The van der Waals surface area contributed by atoms with Crippen molar-refractivity contribution >= 4 is 27.5 Å². The molecule has 106 valence electrons. The Bertz CT molecular complexity index is 710. The number of fused-ring (bicyclic) bond motifs is 1. The van der Waals surface area contributed by atoms with E-state index in [9.17, 15) is 9.59 Å². The van der Waals surface area contributed by atoms with Gasteiger partial charge in [0.05, 0.1) is 11.8 Å². The minimum Gasteiger partial charge on any atom is -0.294 e. The molecule has 0 saturated carbocycles. The van der Waals surface area contributed by atoms with Gasteiger partial charge in [-0.3, -0.25) is 9.59 Å². The van der Waals surface area contributed by atoms with Crippen LogP contribution in [0.2, 0.25) is 0 Å². The van der Waals surface area contributed by atoms with E-state index in [1.807, 2.05) is 48.6 Å². The Kier molecular flexibility index (Phi) is 3.77. The van der Waals surface area contributed by atoms with Gasteiger partial charge in [-0.2, -0.15) is 0 Å². The summed E-state index contributed by atoms with van der Waals surface area (Å²) in [5, 5.41) is 0. The molecule has 0 radical (unpaired) electrons. The molecule has 1 aromatic rings. The molecule has 1 aromatic carbocycles. The molecule has 0 bridgehead atoms. The van der Waals surface area contributed by atoms with Crippen LogP contribution in [0.4, 0.5) is 0 Å². The summed E-state index contributed by atoms with van der Waals surface area (Å²) >= 11 is 3.50. The highest BCUT2D eigenvalue weighted by Gasteiger charge is 2.39. The van der Waals surface area contributed by atoms with Crippen LogP contribution in [-0.2, 0) is 16.0 Å². The standard InChI is InChI=1S/C18H15BrO2/c1-11-15(10-12-6-2-5-9-16(12)19)18(21)14-8-4-3-7-13(14)17(11)20/h2-9,13-14H,10H2,1H3. The quantitative estimate of drug-likeness (QED) is 0.818. The van der Waals surface area contributed by atoms with Crippen molar-refractivity contribution in [3.63, 3.8) is 0 Å². The summed E-state index contributed by atoms with van der Waals surface area (Å²) in [5.41, 5.74) is 2.28. The summed E-state index contributed by atoms with van der Waals surface area (Å²) < 4.78 is 0.965. The van der Waals surface area contributed by atoms with E-state index in [0.717, 1.165) is 10.0 Å². The Hall–Kier alpha value is -1.74. The number of Topliss-reactive ketones (excluding diaryl/α,β-unsaturated/α-hetero) is 2. The van der Waals surface area contributed by atoms with Crippen LogP contribution in [0.25, 0.3) is 0 Å². The summed E-state index contributed by atoms with van der Waals surface area (Å²) in [4.78, 5) is 25.2. The normalized spacial score (nSPS) is 24.5. The fraction of sp³-hybridized carbons (Fsp3) is 0.222. The van der Waals surface area contributed by atoms with E-state index in [1.165, 1.54) is 0 Å². The van der Waals surface area contributed by atoms with Gasteiger partial charge in [0.15, 0.2) is 11.6 Å². The third-order valence-corrected chi connectivity index (χ3v) is 4.96. The van der Waals surface area contributed by atoms with Crippen LogP contribution in [0.3, 0.4) is 0 Å². The number of carbonyl (C=O) groups excluding carboxylic acids is 2. The first-order valence-electron chi connectivity index (χ1n) is 6.96. The van der Waals surface area contributed by atoms with Gasteiger partial charge in [-0.1, -0.05) is 58.4 Å². The highest BCUT2D eigenvalue weighted by atomic mass is 79.9. The van der Waals surface area contributed by atoms with Gasteiger partial charge in [0, 0.05) is 16.5 Å². The number of allylic oxidation sites excluding steroid dienone is 6. The second-order valence-electron chi connectivity index (χ2n) is 5.42. The molecule has 0 amide bonds. The average molecular weight is 343 g/mol. The van der Waals surface area contributed by atoms with Crippen molar-refractivity contribution in [1.29, 1.82) is 0 Å². The molecule has 2 unspecified atom stereocenters. The molecular formula is C18H15BrO2. The first-order valence-corrected chi connectivity index (χ1v) is 7.75. The third-order valence-electron chi connectivity index (χ3n) is 4.19. The van der Waals surface area contributed by atoms with Gasteiger partial charge in [-0.15, -0.1) is 0 Å². The van der Waals surface area contributed by atoms with Crippen LogP contribution < -0.4 is 0 Å². The van der Waals surface area contributed by atoms with Crippen molar-refractivity contribution in [2.45, 2.75) is 13.3 Å². The SMILES string of the molecule is CC1=C(Cc2ccccc2Br)C(=O)C2C=CC=CC2C1=O. The molecule has 2 nitrogen and oxygen atoms in total. The molecule has 0 heterocycles. The van der Waals surface area contributed by atoms with Crippen LogP contribution in [0.5, 0.6) is 0 Å². The maximum atomic E-state index is 12.7. The zero-order valence-electron chi connectivity index (χ0n) is 11.7. The smallest absolute Gasteiger partial charge is 0.167 e. The van der Waals surface area contributed by atoms with Crippen molar-refractivity contribution in [1.82, 2.24) is 0 Å². The molecule has 0 saturated heterocycles. The number of hydrogen-bond acceptors (Lipinski definition) is 2. The van der Waals surface area contributed by atoms with E-state index >= 15 is 0 Å². The zero-order chi connectivity index (χ0) is 15.0. The minimum atomic E-state index is -0.330. The first-order chi connectivity index (χ1) is 10.1. The lowest BCUT2D eigenvalue weighted by atomic mass is 9.71. The van der Waals surface area contributed by atoms with Crippen molar-refractivity contribution < 1.29 is 9.59 Å². The molecule has 0 aromatic heterocycles. The van der Waals surface area contributed by atoms with Crippen molar-refractivity contribution in [3.05, 3.63) is 69.8 Å². The molecule has 2 aliphatic rings. The van der Waals surface area contributed by atoms with E-state index in [1.54, 1.807) is 6.92 Å². The largest absolute Gasteiger partial charge is 0.294 e. The highest BCUT2D eigenvalue weighted by molar-refractivity contribution is 9.10. The molecular weight excluding hydrogens is 328 g/mol. The zero-order valence-corrected chi connectivity index (χ0v) is 13.3. The van der Waals surface area contributed by atoms with Gasteiger partial charge in [0.1, 0.15) is 0 Å². The lowest BCUT2D eigenvalue weighted by molar-refractivity contribution is -0.127. The van der Waals surface area contributed by atoms with Gasteiger partial charge in [0.25, 0.3) is 0 Å². The van der Waals surface area contributed by atoms with Crippen LogP contribution in [0.15, 0.2) is 64.2 Å². The van der Waals surface area contributed by atoms with Gasteiger partial charge in [-0.05, 0) is 24.1 Å². The van der Waals surface area contributed by atoms with Gasteiger partial charge in [-0.25, -0.2) is 0 Å². The summed E-state index contributed by atoms with van der Waals surface area (Å²) in [5.74, 6) is -0.496. The third kappa shape index (κ3) is 2.46. The van der Waals surface area contributed by atoms with Gasteiger partial charge in [0.2, 0.25) is 0 Å². The molecule has 0 fully saturated rings. The Labute approximate surface area is 132 Å². The summed E-state index contributed by atoms with van der Waals surface area (Å²) in [7, 11) is 0. The molecule has 3 rings (SSSR count). The molecule has 0 N–H and O–H groups in total. The number of rotatable bonds is 2. The Balaban J connectivity index is 2.01. The Morgan fingerprint density at radius 2 is 1.62 bits per heavy atom. The maximum absolute atomic E-state index is 12.7. The molecule has 21 heavy (non-hydrogen) atoms. The lowest BCUT2D eigenvalue weighted by Crippen LogP contribution is -2.36. The predicted molar refractivity (Wildman–Crippen MR) is 85.8 cm³/mol. The fourth-order valence-corrected chi connectivity index (χ4v) is 3.37. The van der Waals surface area contributed by atoms with E-state index in [4.69, 9.17) is 0 Å².